The maximum absolute atomic E-state index is 11.2. The van der Waals surface area contributed by atoms with E-state index >= 15 is 0 Å². The summed E-state index contributed by atoms with van der Waals surface area (Å²) in [6.45, 7) is 6.21. The van der Waals surface area contributed by atoms with Crippen LogP contribution in [0.25, 0.3) is 0 Å². The summed E-state index contributed by atoms with van der Waals surface area (Å²) < 4.78 is 42.6. The number of rotatable bonds is 4. The Hall–Kier alpha value is -0.950. The monoisotopic (exact) mass is 300 g/mol. The molecule has 1 saturated heterocycles. The van der Waals surface area contributed by atoms with Gasteiger partial charge in [0.2, 0.25) is 0 Å². The molecule has 6 heteroatoms. The molecule has 5 nitrogen and oxygen atoms in total. The molecule has 1 heterocycles. The van der Waals surface area contributed by atoms with Crippen LogP contribution in [0.1, 0.15) is 31.4 Å². The topological polar surface area (TPSA) is 72.8 Å². The predicted molar refractivity (Wildman–Crippen MR) is 74.2 cm³/mol. The average molecular weight is 300 g/mol. The molecule has 1 aliphatic rings. The molecule has 0 radical (unpaired) electrons. The van der Waals surface area contributed by atoms with E-state index in [2.05, 4.69) is 0 Å². The van der Waals surface area contributed by atoms with E-state index in [1.165, 1.54) is 12.1 Å². The smallest absolute Gasteiger partial charge is 0.294 e. The first-order valence-corrected chi connectivity index (χ1v) is 8.00. The normalized spacial score (nSPS) is 22.1. The molecule has 0 aromatic heterocycles. The third kappa shape index (κ3) is 3.79. The largest absolute Gasteiger partial charge is 0.348 e. The minimum absolute atomic E-state index is 0.0128. The van der Waals surface area contributed by atoms with E-state index in [9.17, 15) is 8.42 Å². The van der Waals surface area contributed by atoms with E-state index in [-0.39, 0.29) is 11.0 Å². The quantitative estimate of drug-likeness (QED) is 0.864. The number of hydrogen-bond donors (Lipinski definition) is 1. The van der Waals surface area contributed by atoms with E-state index in [0.29, 0.717) is 13.0 Å². The fourth-order valence-corrected chi connectivity index (χ4v) is 2.83. The molecule has 0 spiro atoms. The first kappa shape index (κ1) is 15.4. The molecule has 1 unspecified atom stereocenters. The summed E-state index contributed by atoms with van der Waals surface area (Å²) in [5, 5.41) is 0. The molecule has 0 aliphatic carbocycles. The van der Waals surface area contributed by atoms with Gasteiger partial charge < -0.3 is 9.47 Å². The van der Waals surface area contributed by atoms with Crippen molar-refractivity contribution in [3.63, 3.8) is 0 Å². The Bertz CT molecular complexity index is 592. The molecule has 1 aromatic carbocycles. The van der Waals surface area contributed by atoms with E-state index in [1.54, 1.807) is 6.07 Å². The maximum Gasteiger partial charge on any atom is 0.294 e. The molecule has 1 N–H and O–H groups in total. The fraction of sp³-hybridized carbons (Fsp3) is 0.571. The van der Waals surface area contributed by atoms with Gasteiger partial charge >= 0.3 is 0 Å². The Morgan fingerprint density at radius 2 is 2.10 bits per heavy atom. The van der Waals surface area contributed by atoms with Crippen LogP contribution in [0.4, 0.5) is 0 Å². The minimum Gasteiger partial charge on any atom is -0.348 e. The van der Waals surface area contributed by atoms with Gasteiger partial charge in [-0.25, -0.2) is 0 Å². The van der Waals surface area contributed by atoms with Crippen LogP contribution in [0.5, 0.6) is 0 Å². The van der Waals surface area contributed by atoms with Crippen LogP contribution in [-0.2, 0) is 26.0 Å². The van der Waals surface area contributed by atoms with Gasteiger partial charge in [-0.3, -0.25) is 4.55 Å². The van der Waals surface area contributed by atoms with Crippen LogP contribution in [0.15, 0.2) is 23.1 Å². The van der Waals surface area contributed by atoms with E-state index in [4.69, 9.17) is 14.0 Å². The summed E-state index contributed by atoms with van der Waals surface area (Å²) >= 11 is 0. The first-order chi connectivity index (χ1) is 9.17. The van der Waals surface area contributed by atoms with Crippen LogP contribution in [0, 0.1) is 6.92 Å². The molecule has 0 amide bonds. The number of aryl methyl sites for hydroxylation is 2. The van der Waals surface area contributed by atoms with E-state index in [1.807, 2.05) is 20.8 Å². The van der Waals surface area contributed by atoms with Crippen LogP contribution < -0.4 is 0 Å². The summed E-state index contributed by atoms with van der Waals surface area (Å²) in [4.78, 5) is -0.0676. The van der Waals surface area contributed by atoms with Gasteiger partial charge in [-0.15, -0.1) is 0 Å². The second kappa shape index (κ2) is 5.44. The Morgan fingerprint density at radius 1 is 1.40 bits per heavy atom. The lowest BCUT2D eigenvalue weighted by Crippen LogP contribution is -2.21. The number of hydrogen-bond acceptors (Lipinski definition) is 4. The van der Waals surface area contributed by atoms with Crippen molar-refractivity contribution in [2.24, 2.45) is 0 Å². The molecular formula is C14H20O5S. The second-order valence-corrected chi connectivity index (χ2v) is 6.97. The standard InChI is InChI=1S/C14H20O5S/c1-10-4-7-13(20(15,16)17)8-11(10)5-6-12-9-18-14(2,3)19-12/h4,7-8,12H,5-6,9H2,1-3H3,(H,15,16,17). The van der Waals surface area contributed by atoms with Gasteiger partial charge in [-0.05, 0) is 56.9 Å². The van der Waals surface area contributed by atoms with Crippen LogP contribution in [0.2, 0.25) is 0 Å². The highest BCUT2D eigenvalue weighted by Gasteiger charge is 2.32. The molecule has 0 saturated carbocycles. The van der Waals surface area contributed by atoms with Crippen LogP contribution in [0.3, 0.4) is 0 Å². The summed E-state index contributed by atoms with van der Waals surface area (Å²) in [6, 6.07) is 4.63. The van der Waals surface area contributed by atoms with Crippen molar-refractivity contribution in [3.8, 4) is 0 Å². The molecular weight excluding hydrogens is 280 g/mol. The Labute approximate surface area is 119 Å². The second-order valence-electron chi connectivity index (χ2n) is 5.55. The average Bonchev–Trinajstić information content (AvgIpc) is 2.66. The highest BCUT2D eigenvalue weighted by Crippen LogP contribution is 2.26. The summed E-state index contributed by atoms with van der Waals surface area (Å²) in [5.41, 5.74) is 1.89. The third-order valence-electron chi connectivity index (χ3n) is 3.42. The van der Waals surface area contributed by atoms with Gasteiger partial charge in [-0.2, -0.15) is 8.42 Å². The molecule has 2 rings (SSSR count). The van der Waals surface area contributed by atoms with Crippen molar-refractivity contribution in [2.75, 3.05) is 6.61 Å². The van der Waals surface area contributed by atoms with Crippen LogP contribution in [-0.4, -0.2) is 31.5 Å². The van der Waals surface area contributed by atoms with Gasteiger partial charge in [0.1, 0.15) is 0 Å². The fourth-order valence-electron chi connectivity index (χ4n) is 2.30. The lowest BCUT2D eigenvalue weighted by Gasteiger charge is -2.17. The Kier molecular flexibility index (Phi) is 4.20. The van der Waals surface area contributed by atoms with Gasteiger partial charge in [-0.1, -0.05) is 6.07 Å². The molecule has 20 heavy (non-hydrogen) atoms. The molecule has 1 fully saturated rings. The highest BCUT2D eigenvalue weighted by molar-refractivity contribution is 7.85. The minimum atomic E-state index is -4.15. The number of ether oxygens (including phenoxy) is 2. The molecule has 1 aliphatic heterocycles. The summed E-state index contributed by atoms with van der Waals surface area (Å²) in [5.74, 6) is -0.546. The molecule has 112 valence electrons. The molecule has 1 aromatic rings. The Morgan fingerprint density at radius 3 is 2.65 bits per heavy atom. The zero-order valence-electron chi connectivity index (χ0n) is 11.9. The zero-order valence-corrected chi connectivity index (χ0v) is 12.7. The van der Waals surface area contributed by atoms with Crippen molar-refractivity contribution < 1.29 is 22.4 Å². The van der Waals surface area contributed by atoms with Crippen molar-refractivity contribution in [1.29, 1.82) is 0 Å². The zero-order chi connectivity index (χ0) is 15.0. The Balaban J connectivity index is 2.06. The van der Waals surface area contributed by atoms with Gasteiger partial charge in [0.05, 0.1) is 17.6 Å². The van der Waals surface area contributed by atoms with Crippen molar-refractivity contribution in [3.05, 3.63) is 29.3 Å². The maximum atomic E-state index is 11.2. The van der Waals surface area contributed by atoms with Crippen molar-refractivity contribution in [2.45, 2.75) is 50.4 Å². The van der Waals surface area contributed by atoms with Crippen molar-refractivity contribution in [1.82, 2.24) is 0 Å². The van der Waals surface area contributed by atoms with Gasteiger partial charge in [0.25, 0.3) is 10.1 Å². The molecule has 0 bridgehead atoms. The van der Waals surface area contributed by atoms with Gasteiger partial charge in [0.15, 0.2) is 5.79 Å². The lowest BCUT2D eigenvalue weighted by atomic mass is 10.0. The first-order valence-electron chi connectivity index (χ1n) is 6.56. The summed E-state index contributed by atoms with van der Waals surface area (Å²) in [7, 11) is -4.15. The van der Waals surface area contributed by atoms with Crippen LogP contribution >= 0.6 is 0 Å². The third-order valence-corrected chi connectivity index (χ3v) is 4.27. The SMILES string of the molecule is Cc1ccc(S(=O)(=O)O)cc1CCC1COC(C)(C)O1. The van der Waals surface area contributed by atoms with Crippen molar-refractivity contribution >= 4 is 10.1 Å². The molecule has 1 atom stereocenters. The van der Waals surface area contributed by atoms with Gasteiger partial charge in [0, 0.05) is 0 Å². The van der Waals surface area contributed by atoms with E-state index < -0.39 is 15.9 Å². The predicted octanol–water partition coefficient (Wildman–Crippen LogP) is 2.33. The number of benzene rings is 1. The lowest BCUT2D eigenvalue weighted by molar-refractivity contribution is -0.138. The summed E-state index contributed by atoms with van der Waals surface area (Å²) in [6.07, 6.45) is 1.44. The van der Waals surface area contributed by atoms with E-state index in [0.717, 1.165) is 17.5 Å². The highest BCUT2D eigenvalue weighted by atomic mass is 32.2.